The molecule has 0 atom stereocenters. The Balaban J connectivity index is 1.77. The summed E-state index contributed by atoms with van der Waals surface area (Å²) in [5.41, 5.74) is 1.77. The SMILES string of the molecule is O=c1[nH]c(NCc2cccnc2)nnc1-c1ccccc1. The van der Waals surface area contributed by atoms with Crippen molar-refractivity contribution in [2.75, 3.05) is 5.32 Å². The first-order valence-corrected chi connectivity index (χ1v) is 6.48. The van der Waals surface area contributed by atoms with Crippen LogP contribution >= 0.6 is 0 Å². The summed E-state index contributed by atoms with van der Waals surface area (Å²) in [4.78, 5) is 18.7. The Bertz CT molecular complexity index is 771. The number of hydrogen-bond donors (Lipinski definition) is 2. The summed E-state index contributed by atoms with van der Waals surface area (Å²) in [6, 6.07) is 13.0. The van der Waals surface area contributed by atoms with Crippen LogP contribution < -0.4 is 10.9 Å². The summed E-state index contributed by atoms with van der Waals surface area (Å²) >= 11 is 0. The van der Waals surface area contributed by atoms with E-state index in [1.165, 1.54) is 0 Å². The van der Waals surface area contributed by atoms with Crippen LogP contribution in [0, 0.1) is 0 Å². The van der Waals surface area contributed by atoms with Gasteiger partial charge in [-0.2, -0.15) is 0 Å². The molecule has 3 rings (SSSR count). The molecule has 2 N–H and O–H groups in total. The van der Waals surface area contributed by atoms with Gasteiger partial charge in [0.1, 0.15) is 0 Å². The largest absolute Gasteiger partial charge is 0.350 e. The Morgan fingerprint density at radius 3 is 2.62 bits per heavy atom. The zero-order valence-electron chi connectivity index (χ0n) is 11.2. The molecule has 1 aromatic carbocycles. The van der Waals surface area contributed by atoms with Gasteiger partial charge in [0.15, 0.2) is 5.69 Å². The summed E-state index contributed by atoms with van der Waals surface area (Å²) < 4.78 is 0. The number of rotatable bonds is 4. The number of benzene rings is 1. The Hall–Kier alpha value is -3.02. The smallest absolute Gasteiger partial charge is 0.279 e. The van der Waals surface area contributed by atoms with Crippen LogP contribution in [0.5, 0.6) is 0 Å². The minimum atomic E-state index is -0.273. The van der Waals surface area contributed by atoms with E-state index in [4.69, 9.17) is 0 Å². The van der Waals surface area contributed by atoms with Crippen LogP contribution in [0.15, 0.2) is 59.7 Å². The lowest BCUT2D eigenvalue weighted by atomic mass is 10.2. The highest BCUT2D eigenvalue weighted by molar-refractivity contribution is 5.57. The highest BCUT2D eigenvalue weighted by Gasteiger charge is 2.06. The molecule has 0 bridgehead atoms. The van der Waals surface area contributed by atoms with Gasteiger partial charge in [-0.1, -0.05) is 36.4 Å². The van der Waals surface area contributed by atoms with Crippen molar-refractivity contribution in [3.8, 4) is 11.3 Å². The van der Waals surface area contributed by atoms with Crippen molar-refractivity contribution in [1.82, 2.24) is 20.2 Å². The molecule has 0 spiro atoms. The second kappa shape index (κ2) is 5.96. The molecular formula is C15H13N5O. The second-order valence-corrected chi connectivity index (χ2v) is 4.43. The fourth-order valence-corrected chi connectivity index (χ4v) is 1.89. The van der Waals surface area contributed by atoms with E-state index in [9.17, 15) is 4.79 Å². The maximum Gasteiger partial charge on any atom is 0.279 e. The number of H-pyrrole nitrogens is 1. The fourth-order valence-electron chi connectivity index (χ4n) is 1.89. The van der Waals surface area contributed by atoms with Crippen molar-refractivity contribution in [2.45, 2.75) is 6.54 Å². The highest BCUT2D eigenvalue weighted by Crippen LogP contribution is 2.11. The first-order valence-electron chi connectivity index (χ1n) is 6.48. The van der Waals surface area contributed by atoms with Crippen LogP contribution in [0.3, 0.4) is 0 Å². The molecule has 6 nitrogen and oxygen atoms in total. The highest BCUT2D eigenvalue weighted by atomic mass is 16.1. The molecule has 2 heterocycles. The Morgan fingerprint density at radius 1 is 1.05 bits per heavy atom. The number of hydrogen-bond acceptors (Lipinski definition) is 5. The molecule has 0 aliphatic heterocycles. The Morgan fingerprint density at radius 2 is 1.90 bits per heavy atom. The van der Waals surface area contributed by atoms with E-state index in [-0.39, 0.29) is 5.56 Å². The summed E-state index contributed by atoms with van der Waals surface area (Å²) in [7, 11) is 0. The Kier molecular flexibility index (Phi) is 3.68. The molecule has 3 aromatic rings. The third kappa shape index (κ3) is 3.11. The first-order chi connectivity index (χ1) is 10.3. The van der Waals surface area contributed by atoms with E-state index in [0.717, 1.165) is 11.1 Å². The van der Waals surface area contributed by atoms with Gasteiger partial charge in [-0.25, -0.2) is 0 Å². The maximum absolute atomic E-state index is 12.0. The Labute approximate surface area is 120 Å². The fraction of sp³-hybridized carbons (Fsp3) is 0.0667. The average Bonchev–Trinajstić information content (AvgIpc) is 2.55. The zero-order valence-corrected chi connectivity index (χ0v) is 11.2. The quantitative estimate of drug-likeness (QED) is 0.761. The van der Waals surface area contributed by atoms with Gasteiger partial charge in [-0.3, -0.25) is 14.8 Å². The molecular weight excluding hydrogens is 266 g/mol. The van der Waals surface area contributed by atoms with Crippen LogP contribution in [0.25, 0.3) is 11.3 Å². The molecule has 0 amide bonds. The number of pyridine rings is 1. The molecule has 0 unspecified atom stereocenters. The minimum Gasteiger partial charge on any atom is -0.350 e. The van der Waals surface area contributed by atoms with Crippen molar-refractivity contribution >= 4 is 5.95 Å². The standard InChI is InChI=1S/C15H13N5O/c21-14-13(12-6-2-1-3-7-12)19-20-15(18-14)17-10-11-5-4-8-16-9-11/h1-9H,10H2,(H2,17,18,20,21). The van der Waals surface area contributed by atoms with Crippen LogP contribution in [-0.2, 0) is 6.54 Å². The third-order valence-corrected chi connectivity index (χ3v) is 2.93. The van der Waals surface area contributed by atoms with Gasteiger partial charge in [0.2, 0.25) is 5.95 Å². The molecule has 0 aliphatic carbocycles. The molecule has 0 fully saturated rings. The molecule has 21 heavy (non-hydrogen) atoms. The predicted molar refractivity (Wildman–Crippen MR) is 79.7 cm³/mol. The van der Waals surface area contributed by atoms with Crippen LogP contribution in [0.2, 0.25) is 0 Å². The number of nitrogens with zero attached hydrogens (tertiary/aromatic N) is 3. The van der Waals surface area contributed by atoms with Crippen molar-refractivity contribution in [2.24, 2.45) is 0 Å². The first kappa shape index (κ1) is 13.0. The van der Waals surface area contributed by atoms with Crippen LogP contribution in [-0.4, -0.2) is 20.2 Å². The lowest BCUT2D eigenvalue weighted by molar-refractivity contribution is 0.929. The van der Waals surface area contributed by atoms with Gasteiger partial charge in [-0.05, 0) is 11.6 Å². The van der Waals surface area contributed by atoms with Gasteiger partial charge in [-0.15, -0.1) is 10.2 Å². The monoisotopic (exact) mass is 279 g/mol. The number of nitrogens with one attached hydrogen (secondary N) is 2. The average molecular weight is 279 g/mol. The summed E-state index contributed by atoms with van der Waals surface area (Å²) in [6.45, 7) is 0.517. The molecule has 6 heteroatoms. The molecule has 104 valence electrons. The summed E-state index contributed by atoms with van der Waals surface area (Å²) in [5, 5.41) is 11.0. The van der Waals surface area contributed by atoms with E-state index < -0.39 is 0 Å². The summed E-state index contributed by atoms with van der Waals surface area (Å²) in [5.74, 6) is 0.337. The molecule has 2 aromatic heterocycles. The molecule has 0 saturated heterocycles. The van der Waals surface area contributed by atoms with Crippen LogP contribution in [0.1, 0.15) is 5.56 Å². The van der Waals surface area contributed by atoms with Gasteiger partial charge in [0.25, 0.3) is 5.56 Å². The second-order valence-electron chi connectivity index (χ2n) is 4.43. The lowest BCUT2D eigenvalue weighted by Gasteiger charge is -2.05. The minimum absolute atomic E-state index is 0.273. The zero-order chi connectivity index (χ0) is 14.5. The lowest BCUT2D eigenvalue weighted by Crippen LogP contribution is -2.16. The van der Waals surface area contributed by atoms with Crippen molar-refractivity contribution in [3.63, 3.8) is 0 Å². The summed E-state index contributed by atoms with van der Waals surface area (Å²) in [6.07, 6.45) is 3.46. The molecule has 0 radical (unpaired) electrons. The topological polar surface area (TPSA) is 83.6 Å². The predicted octanol–water partition coefficient (Wildman–Crippen LogP) is 1.84. The van der Waals surface area contributed by atoms with E-state index in [1.807, 2.05) is 42.5 Å². The van der Waals surface area contributed by atoms with Crippen molar-refractivity contribution in [3.05, 3.63) is 70.8 Å². The normalized spacial score (nSPS) is 10.3. The van der Waals surface area contributed by atoms with E-state index in [2.05, 4.69) is 25.5 Å². The van der Waals surface area contributed by atoms with Crippen molar-refractivity contribution < 1.29 is 0 Å². The van der Waals surface area contributed by atoms with Gasteiger partial charge < -0.3 is 5.32 Å². The van der Waals surface area contributed by atoms with E-state index in [0.29, 0.717) is 18.2 Å². The molecule has 0 saturated carbocycles. The van der Waals surface area contributed by atoms with Gasteiger partial charge in [0.05, 0.1) is 0 Å². The maximum atomic E-state index is 12.0. The van der Waals surface area contributed by atoms with E-state index in [1.54, 1.807) is 12.4 Å². The molecule has 0 aliphatic rings. The van der Waals surface area contributed by atoms with Crippen LogP contribution in [0.4, 0.5) is 5.95 Å². The van der Waals surface area contributed by atoms with E-state index >= 15 is 0 Å². The number of aromatic nitrogens is 4. The van der Waals surface area contributed by atoms with Gasteiger partial charge in [0, 0.05) is 24.5 Å². The van der Waals surface area contributed by atoms with Gasteiger partial charge >= 0.3 is 0 Å². The number of anilines is 1. The third-order valence-electron chi connectivity index (χ3n) is 2.93. The van der Waals surface area contributed by atoms with Crippen molar-refractivity contribution in [1.29, 1.82) is 0 Å². The number of aromatic amines is 1.